The van der Waals surface area contributed by atoms with Gasteiger partial charge in [-0.3, -0.25) is 0 Å². The van der Waals surface area contributed by atoms with Crippen molar-refractivity contribution < 1.29 is 27.0 Å². The van der Waals surface area contributed by atoms with E-state index < -0.39 is 21.6 Å². The highest BCUT2D eigenvalue weighted by Crippen LogP contribution is 2.37. The molecule has 1 N–H and O–H groups in total. The van der Waals surface area contributed by atoms with Crippen molar-refractivity contribution in [1.82, 2.24) is 4.72 Å². The molecule has 6 nitrogen and oxygen atoms in total. The van der Waals surface area contributed by atoms with E-state index in [9.17, 15) is 12.8 Å². The first kappa shape index (κ1) is 17.6. The second-order valence-corrected chi connectivity index (χ2v) is 7.90. The molecule has 2 aliphatic rings. The zero-order valence-electron chi connectivity index (χ0n) is 13.6. The highest BCUT2D eigenvalue weighted by atomic mass is 32.2. The summed E-state index contributed by atoms with van der Waals surface area (Å²) in [7, 11) is -2.57. The fourth-order valence-corrected chi connectivity index (χ4v) is 4.46. The van der Waals surface area contributed by atoms with Gasteiger partial charge in [0.15, 0.2) is 5.79 Å². The fourth-order valence-electron chi connectivity index (χ4n) is 3.21. The molecule has 0 unspecified atom stereocenters. The van der Waals surface area contributed by atoms with Crippen LogP contribution in [0.2, 0.25) is 0 Å². The minimum atomic E-state index is -3.91. The van der Waals surface area contributed by atoms with Crippen molar-refractivity contribution in [3.05, 3.63) is 24.0 Å². The highest BCUT2D eigenvalue weighted by molar-refractivity contribution is 7.89. The molecule has 1 aliphatic carbocycles. The molecule has 0 radical (unpaired) electrons. The van der Waals surface area contributed by atoms with E-state index in [1.165, 1.54) is 19.6 Å². The molecule has 1 atom stereocenters. The first-order valence-electron chi connectivity index (χ1n) is 8.09. The second-order valence-electron chi connectivity index (χ2n) is 6.17. The van der Waals surface area contributed by atoms with Gasteiger partial charge in [-0.2, -0.15) is 0 Å². The summed E-state index contributed by atoms with van der Waals surface area (Å²) in [6, 6.07) is 3.38. The lowest BCUT2D eigenvalue weighted by Gasteiger charge is -2.31. The standard InChI is InChI=1S/C16H22FNO5S/c1-21-14-6-5-12(17)9-15(14)24(19,20)18-10-13-11-22-16(23-13)7-3-2-4-8-16/h5-6,9,13,18H,2-4,7-8,10-11H2,1H3/t13-/m1/s1. The molecule has 0 bridgehead atoms. The molecule has 1 saturated heterocycles. The van der Waals surface area contributed by atoms with Crippen molar-refractivity contribution >= 4 is 10.0 Å². The van der Waals surface area contributed by atoms with Gasteiger partial charge in [-0.25, -0.2) is 17.5 Å². The van der Waals surface area contributed by atoms with E-state index in [0.717, 1.165) is 37.8 Å². The zero-order chi connectivity index (χ0) is 17.2. The van der Waals surface area contributed by atoms with Gasteiger partial charge in [-0.05, 0) is 31.0 Å². The van der Waals surface area contributed by atoms with E-state index in [4.69, 9.17) is 14.2 Å². The number of methoxy groups -OCH3 is 1. The van der Waals surface area contributed by atoms with Gasteiger partial charge in [0.25, 0.3) is 0 Å². The van der Waals surface area contributed by atoms with E-state index >= 15 is 0 Å². The molecule has 24 heavy (non-hydrogen) atoms. The molecular formula is C16H22FNO5S. The normalized spacial score (nSPS) is 23.5. The van der Waals surface area contributed by atoms with Crippen LogP contribution in [0.25, 0.3) is 0 Å². The maximum atomic E-state index is 13.4. The van der Waals surface area contributed by atoms with Crippen LogP contribution in [-0.2, 0) is 19.5 Å². The quantitative estimate of drug-likeness (QED) is 0.872. The van der Waals surface area contributed by atoms with Crippen molar-refractivity contribution in [1.29, 1.82) is 0 Å². The largest absolute Gasteiger partial charge is 0.495 e. The molecule has 3 rings (SSSR count). The van der Waals surface area contributed by atoms with Crippen LogP contribution in [0, 0.1) is 5.82 Å². The summed E-state index contributed by atoms with van der Waals surface area (Å²) >= 11 is 0. The summed E-state index contributed by atoms with van der Waals surface area (Å²) in [5, 5.41) is 0. The smallest absolute Gasteiger partial charge is 0.244 e. The second kappa shape index (κ2) is 6.95. The van der Waals surface area contributed by atoms with Gasteiger partial charge < -0.3 is 14.2 Å². The molecule has 1 heterocycles. The maximum absolute atomic E-state index is 13.4. The van der Waals surface area contributed by atoms with E-state index in [-0.39, 0.29) is 23.3 Å². The first-order valence-corrected chi connectivity index (χ1v) is 9.57. The molecule has 1 saturated carbocycles. The minimum Gasteiger partial charge on any atom is -0.495 e. The third-order valence-electron chi connectivity index (χ3n) is 4.45. The Bertz CT molecular complexity index is 688. The lowest BCUT2D eigenvalue weighted by atomic mass is 9.94. The molecule has 1 aliphatic heterocycles. The number of hydrogen-bond donors (Lipinski definition) is 1. The molecule has 1 aromatic rings. The average Bonchev–Trinajstić information content (AvgIpc) is 2.96. The summed E-state index contributed by atoms with van der Waals surface area (Å²) in [6.45, 7) is 0.423. The van der Waals surface area contributed by atoms with E-state index in [1.54, 1.807) is 0 Å². The predicted octanol–water partition coefficient (Wildman–Crippen LogP) is 2.19. The Hall–Kier alpha value is -1.22. The van der Waals surface area contributed by atoms with Crippen LogP contribution in [-0.4, -0.2) is 40.6 Å². The molecule has 2 fully saturated rings. The SMILES string of the molecule is COc1ccc(F)cc1S(=O)(=O)NC[C@@H]1COC2(CCCCC2)O1. The van der Waals surface area contributed by atoms with Crippen molar-refractivity contribution in [3.8, 4) is 5.75 Å². The monoisotopic (exact) mass is 359 g/mol. The Kier molecular flexibility index (Phi) is 5.10. The number of hydrogen-bond acceptors (Lipinski definition) is 5. The van der Waals surface area contributed by atoms with E-state index in [0.29, 0.717) is 6.61 Å². The summed E-state index contributed by atoms with van der Waals surface area (Å²) < 4.78 is 57.5. The van der Waals surface area contributed by atoms with E-state index in [2.05, 4.69) is 4.72 Å². The van der Waals surface area contributed by atoms with Gasteiger partial charge in [0.05, 0.1) is 19.8 Å². The zero-order valence-corrected chi connectivity index (χ0v) is 14.4. The Balaban J connectivity index is 1.65. The van der Waals surface area contributed by atoms with Gasteiger partial charge in [-0.1, -0.05) is 6.42 Å². The fraction of sp³-hybridized carbons (Fsp3) is 0.625. The average molecular weight is 359 g/mol. The van der Waals surface area contributed by atoms with Crippen LogP contribution in [0.4, 0.5) is 4.39 Å². The van der Waals surface area contributed by atoms with Gasteiger partial charge in [-0.15, -0.1) is 0 Å². The third-order valence-corrected chi connectivity index (χ3v) is 5.89. The topological polar surface area (TPSA) is 73.9 Å². The number of rotatable bonds is 5. The summed E-state index contributed by atoms with van der Waals surface area (Å²) in [5.41, 5.74) is 0. The Labute approximate surface area is 141 Å². The number of nitrogens with one attached hydrogen (secondary N) is 1. The molecular weight excluding hydrogens is 337 g/mol. The molecule has 8 heteroatoms. The number of sulfonamides is 1. The third kappa shape index (κ3) is 3.72. The van der Waals surface area contributed by atoms with Crippen molar-refractivity contribution in [2.45, 2.75) is 48.9 Å². The maximum Gasteiger partial charge on any atom is 0.244 e. The van der Waals surface area contributed by atoms with Crippen molar-refractivity contribution in [2.75, 3.05) is 20.3 Å². The Morgan fingerprint density at radius 1 is 1.33 bits per heavy atom. The highest BCUT2D eigenvalue weighted by Gasteiger charge is 2.42. The Morgan fingerprint density at radius 2 is 2.08 bits per heavy atom. The predicted molar refractivity (Wildman–Crippen MR) is 84.8 cm³/mol. The molecule has 0 amide bonds. The first-order chi connectivity index (χ1) is 11.4. The van der Waals surface area contributed by atoms with Gasteiger partial charge in [0.2, 0.25) is 10.0 Å². The van der Waals surface area contributed by atoms with Crippen molar-refractivity contribution in [2.24, 2.45) is 0 Å². The summed E-state index contributed by atoms with van der Waals surface area (Å²) in [5.74, 6) is -1.10. The molecule has 1 aromatic carbocycles. The van der Waals surface area contributed by atoms with Gasteiger partial charge >= 0.3 is 0 Å². The molecule has 1 spiro atoms. The summed E-state index contributed by atoms with van der Waals surface area (Å²) in [6.07, 6.45) is 4.61. The number of benzene rings is 1. The van der Waals surface area contributed by atoms with Crippen LogP contribution in [0.1, 0.15) is 32.1 Å². The molecule has 134 valence electrons. The number of halogens is 1. The van der Waals surface area contributed by atoms with Crippen LogP contribution in [0.15, 0.2) is 23.1 Å². The van der Waals surface area contributed by atoms with E-state index in [1.807, 2.05) is 0 Å². The van der Waals surface area contributed by atoms with Crippen LogP contribution >= 0.6 is 0 Å². The lowest BCUT2D eigenvalue weighted by molar-refractivity contribution is -0.186. The van der Waals surface area contributed by atoms with Gasteiger partial charge in [0, 0.05) is 19.4 Å². The minimum absolute atomic E-state index is 0.0732. The van der Waals surface area contributed by atoms with Crippen LogP contribution in [0.5, 0.6) is 5.75 Å². The van der Waals surface area contributed by atoms with Crippen molar-refractivity contribution in [3.63, 3.8) is 0 Å². The Morgan fingerprint density at radius 3 is 2.79 bits per heavy atom. The summed E-state index contributed by atoms with van der Waals surface area (Å²) in [4.78, 5) is -0.226. The van der Waals surface area contributed by atoms with Gasteiger partial charge in [0.1, 0.15) is 16.5 Å². The number of ether oxygens (including phenoxy) is 3. The lowest BCUT2D eigenvalue weighted by Crippen LogP contribution is -2.37. The van der Waals surface area contributed by atoms with Crippen LogP contribution in [0.3, 0.4) is 0 Å². The van der Waals surface area contributed by atoms with Crippen LogP contribution < -0.4 is 9.46 Å². The molecule has 0 aromatic heterocycles.